The van der Waals surface area contributed by atoms with Crippen LogP contribution in [-0.2, 0) is 16.4 Å². The number of anilines is 1. The summed E-state index contributed by atoms with van der Waals surface area (Å²) in [5, 5.41) is 5.66. The number of carbonyl (C=O) groups excluding carboxylic acids is 1. The van der Waals surface area contributed by atoms with E-state index in [9.17, 15) is 13.2 Å². The van der Waals surface area contributed by atoms with Gasteiger partial charge >= 0.3 is 0 Å². The molecule has 1 amide bonds. The molecule has 8 heteroatoms. The Kier molecular flexibility index (Phi) is 8.32. The van der Waals surface area contributed by atoms with Crippen molar-refractivity contribution in [3.8, 4) is 0 Å². The summed E-state index contributed by atoms with van der Waals surface area (Å²) in [6, 6.07) is 23.2. The van der Waals surface area contributed by atoms with Crippen LogP contribution in [0.4, 0.5) is 5.69 Å². The number of rotatable bonds is 8. The van der Waals surface area contributed by atoms with E-state index in [0.29, 0.717) is 30.1 Å². The number of thiocarbonyl (C=S) groups is 1. The van der Waals surface area contributed by atoms with Crippen molar-refractivity contribution in [1.82, 2.24) is 10.0 Å². The van der Waals surface area contributed by atoms with Gasteiger partial charge in [0.15, 0.2) is 5.11 Å². The van der Waals surface area contributed by atoms with Crippen LogP contribution in [-0.4, -0.2) is 26.0 Å². The van der Waals surface area contributed by atoms with Crippen molar-refractivity contribution in [2.24, 2.45) is 0 Å². The molecule has 0 bridgehead atoms. The van der Waals surface area contributed by atoms with Crippen molar-refractivity contribution in [1.29, 1.82) is 0 Å². The van der Waals surface area contributed by atoms with Crippen LogP contribution in [0, 0.1) is 0 Å². The SMILES string of the molecule is CC(C)c1ccc(C(=O)NC(=S)Nc2ccc(S(=O)(=O)NCCc3ccccc3)cc2)cc1. The first-order valence-corrected chi connectivity index (χ1v) is 12.5. The van der Waals surface area contributed by atoms with Gasteiger partial charge < -0.3 is 5.32 Å². The molecular weight excluding hydrogens is 454 g/mol. The molecule has 172 valence electrons. The normalized spacial score (nSPS) is 11.2. The summed E-state index contributed by atoms with van der Waals surface area (Å²) in [5.41, 5.74) is 3.29. The summed E-state index contributed by atoms with van der Waals surface area (Å²) in [4.78, 5) is 12.5. The van der Waals surface area contributed by atoms with Crippen molar-refractivity contribution >= 4 is 38.9 Å². The van der Waals surface area contributed by atoms with Gasteiger partial charge in [0.1, 0.15) is 0 Å². The highest BCUT2D eigenvalue weighted by Gasteiger charge is 2.14. The number of sulfonamides is 1. The topological polar surface area (TPSA) is 87.3 Å². The lowest BCUT2D eigenvalue weighted by Gasteiger charge is -2.11. The van der Waals surface area contributed by atoms with E-state index < -0.39 is 10.0 Å². The Morgan fingerprint density at radius 2 is 1.55 bits per heavy atom. The Labute approximate surface area is 200 Å². The fourth-order valence-electron chi connectivity index (χ4n) is 3.13. The molecule has 0 heterocycles. The van der Waals surface area contributed by atoms with Crippen LogP contribution in [0.1, 0.15) is 41.3 Å². The molecule has 0 unspecified atom stereocenters. The van der Waals surface area contributed by atoms with Crippen LogP contribution in [0.25, 0.3) is 0 Å². The molecule has 0 radical (unpaired) electrons. The van der Waals surface area contributed by atoms with E-state index in [-0.39, 0.29) is 15.9 Å². The Hall–Kier alpha value is -3.07. The average molecular weight is 482 g/mol. The average Bonchev–Trinajstić information content (AvgIpc) is 2.80. The largest absolute Gasteiger partial charge is 0.332 e. The lowest BCUT2D eigenvalue weighted by molar-refractivity contribution is 0.0977. The number of nitrogens with one attached hydrogen (secondary N) is 3. The molecule has 3 aromatic rings. The van der Waals surface area contributed by atoms with Crippen molar-refractivity contribution < 1.29 is 13.2 Å². The maximum absolute atomic E-state index is 12.5. The van der Waals surface area contributed by atoms with E-state index >= 15 is 0 Å². The molecule has 0 saturated carbocycles. The number of carbonyl (C=O) groups is 1. The van der Waals surface area contributed by atoms with Gasteiger partial charge in [-0.1, -0.05) is 56.3 Å². The Morgan fingerprint density at radius 3 is 2.15 bits per heavy atom. The summed E-state index contributed by atoms with van der Waals surface area (Å²) < 4.78 is 27.6. The third-order valence-corrected chi connectivity index (χ3v) is 6.72. The predicted molar refractivity (Wildman–Crippen MR) is 136 cm³/mol. The van der Waals surface area contributed by atoms with Crippen LogP contribution in [0.3, 0.4) is 0 Å². The third kappa shape index (κ3) is 7.21. The van der Waals surface area contributed by atoms with Gasteiger partial charge in [-0.05, 0) is 72.1 Å². The van der Waals surface area contributed by atoms with Gasteiger partial charge in [0.05, 0.1) is 4.90 Å². The highest BCUT2D eigenvalue weighted by molar-refractivity contribution is 7.89. The zero-order valence-electron chi connectivity index (χ0n) is 18.5. The van der Waals surface area contributed by atoms with Gasteiger partial charge in [-0.25, -0.2) is 13.1 Å². The molecule has 0 aliphatic carbocycles. The molecular formula is C25H27N3O3S2. The van der Waals surface area contributed by atoms with Gasteiger partial charge in [0.25, 0.3) is 5.91 Å². The molecule has 33 heavy (non-hydrogen) atoms. The van der Waals surface area contributed by atoms with Crippen LogP contribution >= 0.6 is 12.2 Å². The van der Waals surface area contributed by atoms with Crippen molar-refractivity contribution in [3.05, 3.63) is 95.6 Å². The number of benzene rings is 3. The molecule has 3 rings (SSSR count). The Morgan fingerprint density at radius 1 is 0.909 bits per heavy atom. The van der Waals surface area contributed by atoms with Gasteiger partial charge in [-0.15, -0.1) is 0 Å². The Bertz CT molecular complexity index is 1190. The first kappa shape index (κ1) is 24.6. The number of amides is 1. The van der Waals surface area contributed by atoms with E-state index in [2.05, 4.69) is 29.2 Å². The van der Waals surface area contributed by atoms with Crippen molar-refractivity contribution in [2.75, 3.05) is 11.9 Å². The maximum Gasteiger partial charge on any atom is 0.257 e. The first-order chi connectivity index (χ1) is 15.7. The Balaban J connectivity index is 1.52. The van der Waals surface area contributed by atoms with E-state index in [4.69, 9.17) is 12.2 Å². The number of hydrogen-bond acceptors (Lipinski definition) is 4. The molecule has 0 aliphatic rings. The summed E-state index contributed by atoms with van der Waals surface area (Å²) in [7, 11) is -3.62. The van der Waals surface area contributed by atoms with Crippen LogP contribution in [0.2, 0.25) is 0 Å². The van der Waals surface area contributed by atoms with E-state index in [1.165, 1.54) is 12.1 Å². The standard InChI is InChI=1S/C25H27N3O3S2/c1-18(2)20-8-10-21(11-9-20)24(29)28-25(32)27-22-12-14-23(15-13-22)33(30,31)26-17-16-19-6-4-3-5-7-19/h3-15,18,26H,16-17H2,1-2H3,(H2,27,28,29,32). The van der Waals surface area contributed by atoms with Crippen LogP contribution in [0.15, 0.2) is 83.8 Å². The van der Waals surface area contributed by atoms with Crippen LogP contribution < -0.4 is 15.4 Å². The summed E-state index contributed by atoms with van der Waals surface area (Å²) in [6.45, 7) is 4.48. The van der Waals surface area contributed by atoms with Gasteiger partial charge in [0, 0.05) is 17.8 Å². The smallest absolute Gasteiger partial charge is 0.257 e. The zero-order valence-corrected chi connectivity index (χ0v) is 20.2. The second kappa shape index (κ2) is 11.2. The fraction of sp³-hybridized carbons (Fsp3) is 0.200. The first-order valence-electron chi connectivity index (χ1n) is 10.6. The second-order valence-corrected chi connectivity index (χ2v) is 10.0. The number of hydrogen-bond donors (Lipinski definition) is 3. The lowest BCUT2D eigenvalue weighted by atomic mass is 10.0. The van der Waals surface area contributed by atoms with Gasteiger partial charge in [-0.3, -0.25) is 10.1 Å². The summed E-state index contributed by atoms with van der Waals surface area (Å²) in [6.07, 6.45) is 0.605. The van der Waals surface area contributed by atoms with Gasteiger partial charge in [-0.2, -0.15) is 0 Å². The van der Waals surface area contributed by atoms with Crippen LogP contribution in [0.5, 0.6) is 0 Å². The molecule has 0 aliphatic heterocycles. The molecule has 0 aromatic heterocycles. The third-order valence-electron chi connectivity index (χ3n) is 5.04. The van der Waals surface area contributed by atoms with Crippen molar-refractivity contribution in [3.63, 3.8) is 0 Å². The molecule has 0 fully saturated rings. The van der Waals surface area contributed by atoms with Gasteiger partial charge in [0.2, 0.25) is 10.0 Å². The maximum atomic E-state index is 12.5. The lowest BCUT2D eigenvalue weighted by Crippen LogP contribution is -2.34. The highest BCUT2D eigenvalue weighted by Crippen LogP contribution is 2.16. The molecule has 0 saturated heterocycles. The predicted octanol–water partition coefficient (Wildman–Crippen LogP) is 4.46. The summed E-state index contributed by atoms with van der Waals surface area (Å²) >= 11 is 5.22. The second-order valence-electron chi connectivity index (χ2n) is 7.84. The van der Waals surface area contributed by atoms with E-state index in [1.807, 2.05) is 42.5 Å². The van der Waals surface area contributed by atoms with E-state index in [1.54, 1.807) is 24.3 Å². The monoisotopic (exact) mass is 481 g/mol. The molecule has 0 spiro atoms. The molecule has 6 nitrogen and oxygen atoms in total. The summed E-state index contributed by atoms with van der Waals surface area (Å²) in [5.74, 6) is 0.0697. The van der Waals surface area contributed by atoms with Crippen molar-refractivity contribution in [2.45, 2.75) is 31.1 Å². The molecule has 3 aromatic carbocycles. The molecule has 0 atom stereocenters. The minimum absolute atomic E-state index is 0.129. The molecule has 3 N–H and O–H groups in total. The quantitative estimate of drug-likeness (QED) is 0.414. The zero-order chi connectivity index (χ0) is 23.8. The highest BCUT2D eigenvalue weighted by atomic mass is 32.2. The van der Waals surface area contributed by atoms with E-state index in [0.717, 1.165) is 11.1 Å². The minimum atomic E-state index is -3.62. The minimum Gasteiger partial charge on any atom is -0.332 e. The fourth-order valence-corrected chi connectivity index (χ4v) is 4.37.